The molecule has 2 saturated heterocycles. The Kier molecular flexibility index (Phi) is 3.19. The second-order valence-electron chi connectivity index (χ2n) is 5.40. The van der Waals surface area contributed by atoms with Crippen LogP contribution in [0.15, 0.2) is 0 Å². The minimum absolute atomic E-state index is 0.0714. The first-order valence-corrected chi connectivity index (χ1v) is 7.95. The lowest BCUT2D eigenvalue weighted by Crippen LogP contribution is -2.50. The van der Waals surface area contributed by atoms with E-state index in [9.17, 15) is 13.2 Å². The molecule has 18 heavy (non-hydrogen) atoms. The standard InChI is InChI=1S/C11H20N2O4S/c1-5-12-10(14)9-6-8(17-18(4,15)16)7-13(9)11(12,2)3/h8-9H,5-7H2,1-4H3/t8-,9+/m1/s1. The molecule has 2 fully saturated rings. The van der Waals surface area contributed by atoms with Gasteiger partial charge in [-0.1, -0.05) is 0 Å². The van der Waals surface area contributed by atoms with Crippen molar-refractivity contribution in [2.24, 2.45) is 0 Å². The summed E-state index contributed by atoms with van der Waals surface area (Å²) >= 11 is 0. The van der Waals surface area contributed by atoms with Gasteiger partial charge in [-0.2, -0.15) is 8.42 Å². The monoisotopic (exact) mass is 276 g/mol. The van der Waals surface area contributed by atoms with Gasteiger partial charge in [0.05, 0.1) is 24.1 Å². The average Bonchev–Trinajstić information content (AvgIpc) is 2.65. The zero-order valence-electron chi connectivity index (χ0n) is 11.2. The second-order valence-corrected chi connectivity index (χ2v) is 7.00. The molecular formula is C11H20N2O4S. The van der Waals surface area contributed by atoms with Crippen LogP contribution in [0.25, 0.3) is 0 Å². The molecule has 0 aromatic rings. The Bertz CT molecular complexity index is 460. The summed E-state index contributed by atoms with van der Waals surface area (Å²) in [6, 6.07) is -0.244. The van der Waals surface area contributed by atoms with Crippen molar-refractivity contribution < 1.29 is 17.4 Å². The molecule has 1 amide bonds. The Morgan fingerprint density at radius 2 is 2.06 bits per heavy atom. The SMILES string of the molecule is CCN1C(=O)[C@@H]2C[C@@H](OS(C)(=O)=O)CN2C1(C)C. The summed E-state index contributed by atoms with van der Waals surface area (Å²) in [6.07, 6.45) is 1.08. The lowest BCUT2D eigenvalue weighted by molar-refractivity contribution is -0.131. The van der Waals surface area contributed by atoms with Crippen LogP contribution in [-0.4, -0.2) is 61.3 Å². The molecule has 0 bridgehead atoms. The Balaban J connectivity index is 2.17. The van der Waals surface area contributed by atoms with Crippen LogP contribution in [-0.2, 0) is 19.1 Å². The predicted octanol–water partition coefficient (Wildman–Crippen LogP) is 0.00370. The van der Waals surface area contributed by atoms with E-state index in [-0.39, 0.29) is 17.6 Å². The molecule has 0 aliphatic carbocycles. The lowest BCUT2D eigenvalue weighted by Gasteiger charge is -2.36. The first-order chi connectivity index (χ1) is 8.16. The van der Waals surface area contributed by atoms with Gasteiger partial charge in [0, 0.05) is 19.5 Å². The lowest BCUT2D eigenvalue weighted by atomic mass is 10.2. The number of fused-ring (bicyclic) bond motifs is 1. The summed E-state index contributed by atoms with van der Waals surface area (Å²) in [4.78, 5) is 16.1. The van der Waals surface area contributed by atoms with E-state index in [4.69, 9.17) is 4.18 Å². The van der Waals surface area contributed by atoms with Gasteiger partial charge in [0.2, 0.25) is 5.91 Å². The third kappa shape index (κ3) is 2.15. The highest BCUT2D eigenvalue weighted by Gasteiger charge is 2.55. The minimum atomic E-state index is -3.46. The van der Waals surface area contributed by atoms with Crippen molar-refractivity contribution in [2.75, 3.05) is 19.3 Å². The largest absolute Gasteiger partial charge is 0.324 e. The Morgan fingerprint density at radius 3 is 2.50 bits per heavy atom. The van der Waals surface area contributed by atoms with Crippen LogP contribution in [0.4, 0.5) is 0 Å². The number of carbonyl (C=O) groups excluding carboxylic acids is 1. The Labute approximate surface area is 108 Å². The van der Waals surface area contributed by atoms with Crippen molar-refractivity contribution in [3.63, 3.8) is 0 Å². The number of rotatable bonds is 3. The number of carbonyl (C=O) groups is 1. The third-order valence-electron chi connectivity index (χ3n) is 3.80. The van der Waals surface area contributed by atoms with Crippen LogP contribution < -0.4 is 0 Å². The predicted molar refractivity (Wildman–Crippen MR) is 66.3 cm³/mol. The molecule has 0 saturated carbocycles. The fourth-order valence-electron chi connectivity index (χ4n) is 3.10. The van der Waals surface area contributed by atoms with E-state index in [2.05, 4.69) is 0 Å². The van der Waals surface area contributed by atoms with Gasteiger partial charge < -0.3 is 4.90 Å². The highest BCUT2D eigenvalue weighted by atomic mass is 32.2. The van der Waals surface area contributed by atoms with Crippen LogP contribution in [0.1, 0.15) is 27.2 Å². The van der Waals surface area contributed by atoms with Crippen LogP contribution in [0.2, 0.25) is 0 Å². The van der Waals surface area contributed by atoms with Gasteiger partial charge in [-0.25, -0.2) is 0 Å². The van der Waals surface area contributed by atoms with Crippen molar-refractivity contribution in [1.82, 2.24) is 9.80 Å². The zero-order valence-corrected chi connectivity index (χ0v) is 12.0. The maximum atomic E-state index is 12.2. The van der Waals surface area contributed by atoms with E-state index in [1.165, 1.54) is 0 Å². The molecule has 2 heterocycles. The van der Waals surface area contributed by atoms with Crippen molar-refractivity contribution in [3.05, 3.63) is 0 Å². The van der Waals surface area contributed by atoms with Crippen molar-refractivity contribution >= 4 is 16.0 Å². The topological polar surface area (TPSA) is 66.9 Å². The number of amides is 1. The molecule has 7 heteroatoms. The van der Waals surface area contributed by atoms with Crippen LogP contribution >= 0.6 is 0 Å². The van der Waals surface area contributed by atoms with Crippen molar-refractivity contribution in [3.8, 4) is 0 Å². The highest BCUT2D eigenvalue weighted by Crippen LogP contribution is 2.38. The number of likely N-dealkylation sites (N-methyl/N-ethyl adjacent to an activating group) is 1. The summed E-state index contributed by atoms with van der Waals surface area (Å²) in [6.45, 7) is 7.06. The average molecular weight is 276 g/mol. The van der Waals surface area contributed by atoms with Crippen LogP contribution in [0.5, 0.6) is 0 Å². The fraction of sp³-hybridized carbons (Fsp3) is 0.909. The Morgan fingerprint density at radius 1 is 1.44 bits per heavy atom. The summed E-state index contributed by atoms with van der Waals surface area (Å²) in [5.41, 5.74) is -0.369. The summed E-state index contributed by atoms with van der Waals surface area (Å²) in [5.74, 6) is 0.0714. The van der Waals surface area contributed by atoms with E-state index >= 15 is 0 Å². The Hall–Kier alpha value is -0.660. The summed E-state index contributed by atoms with van der Waals surface area (Å²) in [5, 5.41) is 0. The summed E-state index contributed by atoms with van der Waals surface area (Å²) < 4.78 is 27.3. The number of hydrogen-bond donors (Lipinski definition) is 0. The molecule has 0 unspecified atom stereocenters. The van der Waals surface area contributed by atoms with E-state index in [1.54, 1.807) is 0 Å². The first kappa shape index (κ1) is 13.8. The zero-order chi connectivity index (χ0) is 13.7. The van der Waals surface area contributed by atoms with Crippen molar-refractivity contribution in [2.45, 2.75) is 45.0 Å². The van der Waals surface area contributed by atoms with Gasteiger partial charge >= 0.3 is 0 Å². The molecule has 0 aromatic carbocycles. The molecule has 2 rings (SSSR count). The van der Waals surface area contributed by atoms with E-state index in [1.807, 2.05) is 30.6 Å². The number of hydrogen-bond acceptors (Lipinski definition) is 5. The molecule has 0 N–H and O–H groups in total. The summed E-state index contributed by atoms with van der Waals surface area (Å²) in [7, 11) is -3.46. The first-order valence-electron chi connectivity index (χ1n) is 6.13. The molecule has 2 aliphatic heterocycles. The molecule has 104 valence electrons. The smallest absolute Gasteiger partial charge is 0.264 e. The van der Waals surface area contributed by atoms with E-state index in [0.29, 0.717) is 19.5 Å². The molecule has 0 aromatic heterocycles. The maximum Gasteiger partial charge on any atom is 0.264 e. The second kappa shape index (κ2) is 4.18. The molecule has 0 radical (unpaired) electrons. The quantitative estimate of drug-likeness (QED) is 0.679. The maximum absolute atomic E-state index is 12.2. The van der Waals surface area contributed by atoms with Gasteiger partial charge in [0.15, 0.2) is 0 Å². The molecule has 2 aliphatic rings. The van der Waals surface area contributed by atoms with Gasteiger partial charge in [-0.05, 0) is 20.8 Å². The van der Waals surface area contributed by atoms with Crippen LogP contribution in [0, 0.1) is 0 Å². The molecule has 0 spiro atoms. The van der Waals surface area contributed by atoms with E-state index in [0.717, 1.165) is 6.26 Å². The van der Waals surface area contributed by atoms with Crippen molar-refractivity contribution in [1.29, 1.82) is 0 Å². The molecular weight excluding hydrogens is 256 g/mol. The normalized spacial score (nSPS) is 32.0. The van der Waals surface area contributed by atoms with Crippen LogP contribution in [0.3, 0.4) is 0 Å². The third-order valence-corrected chi connectivity index (χ3v) is 4.43. The highest BCUT2D eigenvalue weighted by molar-refractivity contribution is 7.86. The van der Waals surface area contributed by atoms with Gasteiger partial charge in [-0.15, -0.1) is 0 Å². The minimum Gasteiger partial charge on any atom is -0.324 e. The van der Waals surface area contributed by atoms with Gasteiger partial charge in [-0.3, -0.25) is 13.9 Å². The molecule has 6 nitrogen and oxygen atoms in total. The van der Waals surface area contributed by atoms with Gasteiger partial charge in [0.1, 0.15) is 0 Å². The van der Waals surface area contributed by atoms with E-state index < -0.39 is 16.2 Å². The molecule has 2 atom stereocenters. The number of nitrogens with zero attached hydrogens (tertiary/aromatic N) is 2. The van der Waals surface area contributed by atoms with Gasteiger partial charge in [0.25, 0.3) is 10.1 Å². The fourth-order valence-corrected chi connectivity index (χ4v) is 3.73.